The van der Waals surface area contributed by atoms with Crippen LogP contribution in [0.1, 0.15) is 0 Å². The third-order valence-corrected chi connectivity index (χ3v) is 3.16. The average molecular weight is 293 g/mol. The first-order valence-corrected chi connectivity index (χ1v) is 6.55. The molecule has 0 amide bonds. The third-order valence-electron chi connectivity index (χ3n) is 2.99. The Morgan fingerprint density at radius 3 is 2.55 bits per heavy atom. The zero-order valence-electron chi connectivity index (χ0n) is 10.7. The number of rotatable bonds is 2. The summed E-state index contributed by atoms with van der Waals surface area (Å²) >= 11 is 6.00. The highest BCUT2D eigenvalue weighted by Gasteiger charge is 2.15. The van der Waals surface area contributed by atoms with Crippen molar-refractivity contribution in [1.82, 2.24) is 19.9 Å². The van der Waals surface area contributed by atoms with Gasteiger partial charge >= 0.3 is 0 Å². The van der Waals surface area contributed by atoms with Crippen molar-refractivity contribution in [3.05, 3.63) is 23.7 Å². The first-order chi connectivity index (χ1) is 9.72. The average Bonchev–Trinajstić information content (AvgIpc) is 2.48. The lowest BCUT2D eigenvalue weighted by Gasteiger charge is -2.27. The summed E-state index contributed by atoms with van der Waals surface area (Å²) in [6, 6.07) is 1.87. The number of morpholine rings is 1. The first-order valence-electron chi connectivity index (χ1n) is 6.17. The monoisotopic (exact) mass is 292 g/mol. The van der Waals surface area contributed by atoms with Gasteiger partial charge in [0.15, 0.2) is 0 Å². The van der Waals surface area contributed by atoms with E-state index in [2.05, 4.69) is 24.8 Å². The highest BCUT2D eigenvalue weighted by Crippen LogP contribution is 2.23. The Labute approximate surface area is 120 Å². The van der Waals surface area contributed by atoms with E-state index >= 15 is 0 Å². The Morgan fingerprint density at radius 2 is 1.85 bits per heavy atom. The minimum atomic E-state index is 0.195. The van der Waals surface area contributed by atoms with Crippen LogP contribution in [0.3, 0.4) is 0 Å². The lowest BCUT2D eigenvalue weighted by atomic mass is 10.2. The molecule has 1 aliphatic rings. The molecule has 2 aromatic rings. The van der Waals surface area contributed by atoms with Gasteiger partial charge in [-0.05, 0) is 11.6 Å². The summed E-state index contributed by atoms with van der Waals surface area (Å²) in [6.45, 7) is 2.93. The van der Waals surface area contributed by atoms with E-state index in [0.29, 0.717) is 18.9 Å². The Balaban J connectivity index is 1.95. The predicted octanol–water partition coefficient (Wildman–Crippen LogP) is 1.01. The number of hydrogen-bond acceptors (Lipinski definition) is 7. The molecule has 1 aliphatic heterocycles. The van der Waals surface area contributed by atoms with E-state index < -0.39 is 0 Å². The number of ether oxygens (including phenoxy) is 1. The number of hydrogen-bond donors (Lipinski definition) is 1. The number of aromatic nitrogens is 4. The standard InChI is InChI=1S/C12H13ClN6O/c13-11-17-9(8-6-15-12(14)16-7-8)5-10(18-11)19-1-3-20-4-2-19/h5-7H,1-4H2,(H2,14,15,16). The Kier molecular flexibility index (Phi) is 3.62. The van der Waals surface area contributed by atoms with Crippen molar-refractivity contribution < 1.29 is 4.74 Å². The van der Waals surface area contributed by atoms with E-state index in [9.17, 15) is 0 Å². The zero-order chi connectivity index (χ0) is 13.9. The summed E-state index contributed by atoms with van der Waals surface area (Å²) in [5, 5.41) is 0.195. The SMILES string of the molecule is Nc1ncc(-c2cc(N3CCOCC3)nc(Cl)n2)cn1. The summed E-state index contributed by atoms with van der Waals surface area (Å²) in [5.74, 6) is 1.00. The third kappa shape index (κ3) is 2.78. The fourth-order valence-electron chi connectivity index (χ4n) is 1.98. The number of halogens is 1. The number of nitrogens with zero attached hydrogens (tertiary/aromatic N) is 5. The maximum atomic E-state index is 6.00. The van der Waals surface area contributed by atoms with Crippen molar-refractivity contribution in [3.63, 3.8) is 0 Å². The van der Waals surface area contributed by atoms with Crippen LogP contribution in [0.15, 0.2) is 18.5 Å². The molecule has 3 heterocycles. The molecule has 2 N–H and O–H groups in total. The fraction of sp³-hybridized carbons (Fsp3) is 0.333. The maximum Gasteiger partial charge on any atom is 0.224 e. The fourth-order valence-corrected chi connectivity index (χ4v) is 2.16. The Hall–Kier alpha value is -1.99. The van der Waals surface area contributed by atoms with Gasteiger partial charge in [0.25, 0.3) is 0 Å². The van der Waals surface area contributed by atoms with Crippen molar-refractivity contribution >= 4 is 23.4 Å². The molecular weight excluding hydrogens is 280 g/mol. The molecule has 8 heteroatoms. The highest BCUT2D eigenvalue weighted by molar-refractivity contribution is 6.28. The number of anilines is 2. The van der Waals surface area contributed by atoms with Gasteiger partial charge in [-0.15, -0.1) is 0 Å². The molecule has 0 aromatic carbocycles. The highest BCUT2D eigenvalue weighted by atomic mass is 35.5. The molecule has 2 aromatic heterocycles. The van der Waals surface area contributed by atoms with E-state index in [4.69, 9.17) is 22.1 Å². The Morgan fingerprint density at radius 1 is 1.15 bits per heavy atom. The van der Waals surface area contributed by atoms with Gasteiger partial charge in [-0.2, -0.15) is 0 Å². The van der Waals surface area contributed by atoms with E-state index in [1.54, 1.807) is 12.4 Å². The van der Waals surface area contributed by atoms with E-state index in [-0.39, 0.29) is 11.2 Å². The quantitative estimate of drug-likeness (QED) is 0.826. The first kappa shape index (κ1) is 13.0. The molecule has 104 valence electrons. The lowest BCUT2D eigenvalue weighted by molar-refractivity contribution is 0.122. The molecule has 0 unspecified atom stereocenters. The summed E-state index contributed by atoms with van der Waals surface area (Å²) in [5.41, 5.74) is 6.90. The van der Waals surface area contributed by atoms with Crippen molar-refractivity contribution in [2.45, 2.75) is 0 Å². The van der Waals surface area contributed by atoms with Crippen LogP contribution in [0, 0.1) is 0 Å². The number of nitrogens with two attached hydrogens (primary N) is 1. The molecule has 0 aliphatic carbocycles. The molecule has 0 bridgehead atoms. The second kappa shape index (κ2) is 5.56. The largest absolute Gasteiger partial charge is 0.378 e. The van der Waals surface area contributed by atoms with Crippen molar-refractivity contribution in [2.24, 2.45) is 0 Å². The molecular formula is C12H13ClN6O. The summed E-state index contributed by atoms with van der Waals surface area (Å²) < 4.78 is 5.33. The van der Waals surface area contributed by atoms with Crippen molar-refractivity contribution in [2.75, 3.05) is 36.9 Å². The van der Waals surface area contributed by atoms with Gasteiger partial charge in [0.05, 0.1) is 18.9 Å². The number of nitrogen functional groups attached to an aromatic ring is 1. The van der Waals surface area contributed by atoms with Gasteiger partial charge in [0.2, 0.25) is 11.2 Å². The van der Waals surface area contributed by atoms with Gasteiger partial charge in [-0.3, -0.25) is 0 Å². The molecule has 0 spiro atoms. The van der Waals surface area contributed by atoms with Crippen LogP contribution in [-0.4, -0.2) is 46.2 Å². The van der Waals surface area contributed by atoms with Crippen LogP contribution in [0.4, 0.5) is 11.8 Å². The van der Waals surface area contributed by atoms with Crippen molar-refractivity contribution in [3.8, 4) is 11.3 Å². The molecule has 20 heavy (non-hydrogen) atoms. The van der Waals surface area contributed by atoms with Crippen LogP contribution in [0.25, 0.3) is 11.3 Å². The van der Waals surface area contributed by atoms with Gasteiger partial charge in [-0.25, -0.2) is 19.9 Å². The smallest absolute Gasteiger partial charge is 0.224 e. The van der Waals surface area contributed by atoms with Gasteiger partial charge in [0, 0.05) is 37.1 Å². The van der Waals surface area contributed by atoms with E-state index in [1.807, 2.05) is 6.07 Å². The van der Waals surface area contributed by atoms with E-state index in [1.165, 1.54) is 0 Å². The normalized spacial score (nSPS) is 15.3. The second-order valence-corrected chi connectivity index (χ2v) is 4.65. The molecule has 3 rings (SSSR count). The van der Waals surface area contributed by atoms with Gasteiger partial charge in [0.1, 0.15) is 5.82 Å². The van der Waals surface area contributed by atoms with Crippen LogP contribution in [-0.2, 0) is 4.74 Å². The van der Waals surface area contributed by atoms with Crippen LogP contribution in [0.2, 0.25) is 5.28 Å². The Bertz CT molecular complexity index is 599. The van der Waals surface area contributed by atoms with Crippen LogP contribution >= 0.6 is 11.6 Å². The predicted molar refractivity (Wildman–Crippen MR) is 75.5 cm³/mol. The topological polar surface area (TPSA) is 90.0 Å². The maximum absolute atomic E-state index is 6.00. The molecule has 0 radical (unpaired) electrons. The minimum Gasteiger partial charge on any atom is -0.378 e. The summed E-state index contributed by atoms with van der Waals surface area (Å²) in [7, 11) is 0. The minimum absolute atomic E-state index is 0.195. The summed E-state index contributed by atoms with van der Waals surface area (Å²) in [4.78, 5) is 18.5. The molecule has 7 nitrogen and oxygen atoms in total. The zero-order valence-corrected chi connectivity index (χ0v) is 11.4. The van der Waals surface area contributed by atoms with Crippen LogP contribution in [0.5, 0.6) is 0 Å². The molecule has 0 saturated carbocycles. The van der Waals surface area contributed by atoms with E-state index in [0.717, 1.165) is 24.5 Å². The molecule has 1 fully saturated rings. The lowest BCUT2D eigenvalue weighted by Crippen LogP contribution is -2.36. The van der Waals surface area contributed by atoms with Crippen molar-refractivity contribution in [1.29, 1.82) is 0 Å². The van der Waals surface area contributed by atoms with Crippen LogP contribution < -0.4 is 10.6 Å². The van der Waals surface area contributed by atoms with Gasteiger partial charge in [-0.1, -0.05) is 0 Å². The summed E-state index contributed by atoms with van der Waals surface area (Å²) in [6.07, 6.45) is 3.23. The van der Waals surface area contributed by atoms with Gasteiger partial charge < -0.3 is 15.4 Å². The molecule has 0 atom stereocenters. The molecule has 1 saturated heterocycles. The second-order valence-electron chi connectivity index (χ2n) is 4.31.